The fourth-order valence-electron chi connectivity index (χ4n) is 2.39. The first-order valence-electron chi connectivity index (χ1n) is 8.72. The molecule has 0 bridgehead atoms. The molecule has 0 spiro atoms. The number of rotatable bonds is 10. The molecule has 0 amide bonds. The maximum atomic E-state index is 5.69. The van der Waals surface area contributed by atoms with Crippen LogP contribution in [-0.4, -0.2) is 26.4 Å². The zero-order valence-corrected chi connectivity index (χ0v) is 14.6. The summed E-state index contributed by atoms with van der Waals surface area (Å²) < 4.78 is 16.9. The van der Waals surface area contributed by atoms with Crippen LogP contribution in [0.5, 0.6) is 17.2 Å². The number of ether oxygens (including phenoxy) is 3. The fourth-order valence-corrected chi connectivity index (χ4v) is 2.39. The molecule has 0 atom stereocenters. The lowest BCUT2D eigenvalue weighted by Crippen LogP contribution is -2.11. The Hall–Kier alpha value is -3.14. The zero-order chi connectivity index (χ0) is 17.9. The second-order valence-corrected chi connectivity index (χ2v) is 5.62. The van der Waals surface area contributed by atoms with Gasteiger partial charge in [0.1, 0.15) is 37.1 Å². The second kappa shape index (κ2) is 9.99. The molecule has 4 heteroatoms. The molecular weight excluding hydrogens is 326 g/mol. The highest BCUT2D eigenvalue weighted by Gasteiger charge is 1.97. The molecule has 0 fully saturated rings. The number of anilines is 1. The summed E-state index contributed by atoms with van der Waals surface area (Å²) in [6, 6.07) is 27.4. The lowest BCUT2D eigenvalue weighted by atomic mass is 10.3. The van der Waals surface area contributed by atoms with Crippen molar-refractivity contribution >= 4 is 5.69 Å². The predicted molar refractivity (Wildman–Crippen MR) is 104 cm³/mol. The van der Waals surface area contributed by atoms with Gasteiger partial charge in [0.25, 0.3) is 0 Å². The Bertz CT molecular complexity index is 679. The van der Waals surface area contributed by atoms with Crippen LogP contribution < -0.4 is 19.5 Å². The fraction of sp³-hybridized carbons (Fsp3) is 0.182. The minimum absolute atomic E-state index is 0.507. The highest BCUT2D eigenvalue weighted by atomic mass is 16.5. The second-order valence-electron chi connectivity index (χ2n) is 5.62. The summed E-state index contributed by atoms with van der Waals surface area (Å²) in [5, 5.41) is 3.33. The monoisotopic (exact) mass is 349 g/mol. The van der Waals surface area contributed by atoms with Crippen LogP contribution in [0.15, 0.2) is 84.9 Å². The van der Waals surface area contributed by atoms with Crippen LogP contribution >= 0.6 is 0 Å². The molecular formula is C22H23NO3. The van der Waals surface area contributed by atoms with Gasteiger partial charge in [-0.1, -0.05) is 36.4 Å². The van der Waals surface area contributed by atoms with Crippen molar-refractivity contribution in [2.24, 2.45) is 0 Å². The van der Waals surface area contributed by atoms with Gasteiger partial charge in [-0.15, -0.1) is 0 Å². The highest BCUT2D eigenvalue weighted by molar-refractivity contribution is 5.46. The van der Waals surface area contributed by atoms with Gasteiger partial charge in [-0.05, 0) is 48.5 Å². The van der Waals surface area contributed by atoms with Gasteiger partial charge < -0.3 is 19.5 Å². The van der Waals surface area contributed by atoms with Crippen LogP contribution in [0.1, 0.15) is 0 Å². The number of benzene rings is 3. The maximum absolute atomic E-state index is 5.69. The van der Waals surface area contributed by atoms with Gasteiger partial charge in [-0.3, -0.25) is 0 Å². The molecule has 0 aliphatic heterocycles. The van der Waals surface area contributed by atoms with Crippen molar-refractivity contribution in [3.8, 4) is 17.2 Å². The van der Waals surface area contributed by atoms with Gasteiger partial charge in [0, 0.05) is 12.2 Å². The first-order valence-corrected chi connectivity index (χ1v) is 8.72. The van der Waals surface area contributed by atoms with Crippen molar-refractivity contribution in [1.82, 2.24) is 0 Å². The molecule has 0 saturated heterocycles. The third kappa shape index (κ3) is 6.06. The van der Waals surface area contributed by atoms with Gasteiger partial charge in [0.05, 0.1) is 0 Å². The number of hydrogen-bond donors (Lipinski definition) is 1. The van der Waals surface area contributed by atoms with E-state index in [1.807, 2.05) is 84.9 Å². The third-order valence-corrected chi connectivity index (χ3v) is 3.66. The molecule has 0 unspecified atom stereocenters. The Kier molecular flexibility index (Phi) is 6.79. The molecule has 4 nitrogen and oxygen atoms in total. The normalized spacial score (nSPS) is 10.2. The first kappa shape index (κ1) is 17.7. The summed E-state index contributed by atoms with van der Waals surface area (Å²) in [5.74, 6) is 2.57. The molecule has 0 radical (unpaired) electrons. The van der Waals surface area contributed by atoms with E-state index < -0.39 is 0 Å². The van der Waals surface area contributed by atoms with Gasteiger partial charge >= 0.3 is 0 Å². The average molecular weight is 349 g/mol. The van der Waals surface area contributed by atoms with Crippen LogP contribution in [0.3, 0.4) is 0 Å². The molecule has 1 N–H and O–H groups in total. The Morgan fingerprint density at radius 1 is 0.500 bits per heavy atom. The zero-order valence-electron chi connectivity index (χ0n) is 14.6. The standard InChI is InChI=1S/C22H23NO3/c1-3-7-20(8-4-1)24-16-15-23-19-11-13-22(14-12-19)26-18-17-25-21-9-5-2-6-10-21/h1-14,23H,15-18H2. The summed E-state index contributed by atoms with van der Waals surface area (Å²) in [5.41, 5.74) is 1.04. The number of hydrogen-bond acceptors (Lipinski definition) is 4. The summed E-state index contributed by atoms with van der Waals surface area (Å²) >= 11 is 0. The van der Waals surface area contributed by atoms with Crippen molar-refractivity contribution < 1.29 is 14.2 Å². The third-order valence-electron chi connectivity index (χ3n) is 3.66. The Labute approximate surface area is 154 Å². The van der Waals surface area contributed by atoms with E-state index in [-0.39, 0.29) is 0 Å². The minimum atomic E-state index is 0.507. The quantitative estimate of drug-likeness (QED) is 0.542. The van der Waals surface area contributed by atoms with Crippen molar-refractivity contribution in [2.75, 3.05) is 31.7 Å². The molecule has 3 rings (SSSR count). The first-order chi connectivity index (χ1) is 12.9. The molecule has 3 aromatic rings. The van der Waals surface area contributed by atoms with E-state index in [2.05, 4.69) is 5.32 Å². The van der Waals surface area contributed by atoms with Crippen LogP contribution in [0.25, 0.3) is 0 Å². The molecule has 0 heterocycles. The molecule has 134 valence electrons. The topological polar surface area (TPSA) is 39.7 Å². The smallest absolute Gasteiger partial charge is 0.122 e. The van der Waals surface area contributed by atoms with E-state index in [4.69, 9.17) is 14.2 Å². The van der Waals surface area contributed by atoms with E-state index >= 15 is 0 Å². The van der Waals surface area contributed by atoms with E-state index in [0.29, 0.717) is 19.8 Å². The van der Waals surface area contributed by atoms with E-state index in [1.165, 1.54) is 0 Å². The van der Waals surface area contributed by atoms with Gasteiger partial charge in [0.15, 0.2) is 0 Å². The van der Waals surface area contributed by atoms with Crippen LogP contribution in [0, 0.1) is 0 Å². The van der Waals surface area contributed by atoms with Crippen molar-refractivity contribution in [2.45, 2.75) is 0 Å². The summed E-state index contributed by atoms with van der Waals surface area (Å²) in [4.78, 5) is 0. The van der Waals surface area contributed by atoms with Crippen LogP contribution in [-0.2, 0) is 0 Å². The Morgan fingerprint density at radius 3 is 1.50 bits per heavy atom. The number of para-hydroxylation sites is 2. The van der Waals surface area contributed by atoms with Crippen molar-refractivity contribution in [1.29, 1.82) is 0 Å². The lowest BCUT2D eigenvalue weighted by Gasteiger charge is -2.10. The van der Waals surface area contributed by atoms with E-state index in [1.54, 1.807) is 0 Å². The molecule has 3 aromatic carbocycles. The number of nitrogens with one attached hydrogen (secondary N) is 1. The van der Waals surface area contributed by atoms with Gasteiger partial charge in [-0.2, -0.15) is 0 Å². The molecule has 0 aliphatic carbocycles. The minimum Gasteiger partial charge on any atom is -0.492 e. The Balaban J connectivity index is 1.31. The van der Waals surface area contributed by atoms with Crippen LogP contribution in [0.2, 0.25) is 0 Å². The predicted octanol–water partition coefficient (Wildman–Crippen LogP) is 4.64. The largest absolute Gasteiger partial charge is 0.492 e. The molecule has 0 aromatic heterocycles. The summed E-state index contributed by atoms with van der Waals surface area (Å²) in [6.07, 6.45) is 0. The van der Waals surface area contributed by atoms with Gasteiger partial charge in [0.2, 0.25) is 0 Å². The van der Waals surface area contributed by atoms with E-state index in [9.17, 15) is 0 Å². The Morgan fingerprint density at radius 2 is 0.962 bits per heavy atom. The average Bonchev–Trinajstić information content (AvgIpc) is 2.71. The van der Waals surface area contributed by atoms with Crippen molar-refractivity contribution in [3.63, 3.8) is 0 Å². The summed E-state index contributed by atoms with van der Waals surface area (Å²) in [6.45, 7) is 2.37. The molecule has 0 saturated carbocycles. The summed E-state index contributed by atoms with van der Waals surface area (Å²) in [7, 11) is 0. The molecule has 0 aliphatic rings. The van der Waals surface area contributed by atoms with Crippen LogP contribution in [0.4, 0.5) is 5.69 Å². The highest BCUT2D eigenvalue weighted by Crippen LogP contribution is 2.16. The van der Waals surface area contributed by atoms with Crippen molar-refractivity contribution in [3.05, 3.63) is 84.9 Å². The molecule has 26 heavy (non-hydrogen) atoms. The lowest BCUT2D eigenvalue weighted by molar-refractivity contribution is 0.217. The van der Waals surface area contributed by atoms with E-state index in [0.717, 1.165) is 29.5 Å². The SMILES string of the molecule is c1ccc(OCCNc2ccc(OCCOc3ccccc3)cc2)cc1. The van der Waals surface area contributed by atoms with Gasteiger partial charge in [-0.25, -0.2) is 0 Å². The maximum Gasteiger partial charge on any atom is 0.122 e.